The fourth-order valence-corrected chi connectivity index (χ4v) is 3.58. The van der Waals surface area contributed by atoms with Crippen molar-refractivity contribution in [1.29, 1.82) is 0 Å². The Morgan fingerprint density at radius 1 is 1.06 bits per heavy atom. The van der Waals surface area contributed by atoms with Crippen molar-refractivity contribution in [3.8, 4) is 17.1 Å². The zero-order valence-corrected chi connectivity index (χ0v) is 17.9. The molecule has 1 aromatic heterocycles. The van der Waals surface area contributed by atoms with Gasteiger partial charge in [0.05, 0.1) is 22.3 Å². The van der Waals surface area contributed by atoms with Gasteiger partial charge in [-0.2, -0.15) is 0 Å². The molecule has 0 spiro atoms. The van der Waals surface area contributed by atoms with Crippen LogP contribution < -0.4 is 15.4 Å². The van der Waals surface area contributed by atoms with Gasteiger partial charge in [0, 0.05) is 5.56 Å². The smallest absolute Gasteiger partial charge is 0.374 e. The van der Waals surface area contributed by atoms with Gasteiger partial charge in [0.15, 0.2) is 12.7 Å². The molecule has 0 fully saturated rings. The third kappa shape index (κ3) is 4.28. The lowest BCUT2D eigenvalue weighted by Gasteiger charge is -2.33. The lowest BCUT2D eigenvalue weighted by molar-refractivity contribution is -0.126. The van der Waals surface area contributed by atoms with Gasteiger partial charge >= 0.3 is 5.97 Å². The molecule has 164 valence electrons. The molecule has 1 aliphatic heterocycles. The van der Waals surface area contributed by atoms with Gasteiger partial charge in [-0.05, 0) is 36.4 Å². The number of primary amides is 1. The van der Waals surface area contributed by atoms with Crippen LogP contribution in [0.5, 0.6) is 5.75 Å². The van der Waals surface area contributed by atoms with Crippen LogP contribution in [0.4, 0.5) is 5.69 Å². The van der Waals surface area contributed by atoms with Crippen molar-refractivity contribution >= 4 is 46.7 Å². The van der Waals surface area contributed by atoms with Gasteiger partial charge in [-0.3, -0.25) is 9.59 Å². The molecule has 0 aliphatic carbocycles. The Kier molecular flexibility index (Phi) is 6.07. The fourth-order valence-electron chi connectivity index (χ4n) is 3.18. The first-order valence-electron chi connectivity index (χ1n) is 9.42. The largest absolute Gasteiger partial charge is 0.477 e. The number of furan rings is 1. The van der Waals surface area contributed by atoms with Crippen molar-refractivity contribution in [2.24, 2.45) is 5.73 Å². The van der Waals surface area contributed by atoms with E-state index in [0.29, 0.717) is 27.8 Å². The van der Waals surface area contributed by atoms with Crippen LogP contribution in [0.2, 0.25) is 10.0 Å². The number of ether oxygens (including phenoxy) is 2. The number of esters is 1. The Bertz CT molecular complexity index is 1210. The fraction of sp³-hybridized carbons (Fsp3) is 0.136. The molecule has 32 heavy (non-hydrogen) atoms. The van der Waals surface area contributed by atoms with E-state index >= 15 is 0 Å². The Morgan fingerprint density at radius 2 is 1.84 bits per heavy atom. The van der Waals surface area contributed by atoms with Crippen molar-refractivity contribution in [1.82, 2.24) is 0 Å². The maximum Gasteiger partial charge on any atom is 0.374 e. The summed E-state index contributed by atoms with van der Waals surface area (Å²) in [6.07, 6.45) is -1.01. The second-order valence-electron chi connectivity index (χ2n) is 6.82. The third-order valence-corrected chi connectivity index (χ3v) is 5.56. The predicted octanol–water partition coefficient (Wildman–Crippen LogP) is 3.69. The molecular weight excluding hydrogens is 459 g/mol. The summed E-state index contributed by atoms with van der Waals surface area (Å²) in [4.78, 5) is 38.0. The molecule has 3 aromatic rings. The van der Waals surface area contributed by atoms with Crippen LogP contribution >= 0.6 is 23.2 Å². The maximum atomic E-state index is 12.8. The van der Waals surface area contributed by atoms with Gasteiger partial charge < -0.3 is 24.5 Å². The molecule has 0 bridgehead atoms. The summed E-state index contributed by atoms with van der Waals surface area (Å²) >= 11 is 12.2. The SMILES string of the molecule is NC(=O)[C@H]1CN(C(=O)COC(=O)c2ccc(-c3cccc(Cl)c3Cl)o2)c2ccccc2O1. The number of halogens is 2. The Labute approximate surface area is 192 Å². The molecule has 0 unspecified atom stereocenters. The molecule has 2 N–H and O–H groups in total. The summed E-state index contributed by atoms with van der Waals surface area (Å²) in [7, 11) is 0. The van der Waals surface area contributed by atoms with Crippen molar-refractivity contribution in [2.75, 3.05) is 18.1 Å². The minimum atomic E-state index is -1.01. The van der Waals surface area contributed by atoms with E-state index in [1.165, 1.54) is 11.0 Å². The van der Waals surface area contributed by atoms with E-state index in [2.05, 4.69) is 0 Å². The van der Waals surface area contributed by atoms with Crippen molar-refractivity contribution in [3.63, 3.8) is 0 Å². The summed E-state index contributed by atoms with van der Waals surface area (Å²) < 4.78 is 16.2. The van der Waals surface area contributed by atoms with Crippen molar-refractivity contribution < 1.29 is 28.3 Å². The van der Waals surface area contributed by atoms with E-state index in [1.807, 2.05) is 0 Å². The highest BCUT2D eigenvalue weighted by Crippen LogP contribution is 2.35. The number of amides is 2. The average Bonchev–Trinajstić information content (AvgIpc) is 3.28. The standard InChI is InChI=1S/C22H16Cl2N2O6/c23-13-5-3-4-12(20(13)24)15-8-9-17(31-15)22(29)30-11-19(27)26-10-18(21(25)28)32-16-7-2-1-6-14(16)26/h1-9,18H,10-11H2,(H2,25,28)/t18-/m1/s1. The summed E-state index contributed by atoms with van der Waals surface area (Å²) in [5.74, 6) is -1.56. The minimum absolute atomic E-state index is 0.0963. The Hall–Kier alpha value is -3.49. The minimum Gasteiger partial charge on any atom is -0.477 e. The summed E-state index contributed by atoms with van der Waals surface area (Å²) in [6.45, 7) is -0.673. The van der Waals surface area contributed by atoms with Crippen LogP contribution in [0.25, 0.3) is 11.3 Å². The second kappa shape index (κ2) is 8.94. The molecule has 10 heteroatoms. The topological polar surface area (TPSA) is 112 Å². The van der Waals surface area contributed by atoms with Crippen LogP contribution in [0.15, 0.2) is 59.0 Å². The number of para-hydroxylation sites is 2. The second-order valence-corrected chi connectivity index (χ2v) is 7.61. The first-order chi connectivity index (χ1) is 15.3. The molecule has 0 radical (unpaired) electrons. The Balaban J connectivity index is 1.45. The number of fused-ring (bicyclic) bond motifs is 1. The molecule has 2 amide bonds. The third-order valence-electron chi connectivity index (χ3n) is 4.74. The average molecular weight is 475 g/mol. The number of hydrogen-bond donors (Lipinski definition) is 1. The van der Waals surface area contributed by atoms with Gasteiger partial charge in [0.1, 0.15) is 11.5 Å². The van der Waals surface area contributed by atoms with E-state index in [-0.39, 0.29) is 17.3 Å². The van der Waals surface area contributed by atoms with Crippen LogP contribution in [-0.2, 0) is 14.3 Å². The first kappa shape index (κ1) is 21.7. The molecule has 1 atom stereocenters. The van der Waals surface area contributed by atoms with Crippen molar-refractivity contribution in [2.45, 2.75) is 6.10 Å². The number of carbonyl (C=O) groups is 3. The zero-order valence-electron chi connectivity index (χ0n) is 16.4. The zero-order chi connectivity index (χ0) is 22.8. The van der Waals surface area contributed by atoms with E-state index in [9.17, 15) is 14.4 Å². The first-order valence-corrected chi connectivity index (χ1v) is 10.2. The lowest BCUT2D eigenvalue weighted by atomic mass is 10.2. The van der Waals surface area contributed by atoms with Gasteiger partial charge in [-0.25, -0.2) is 4.79 Å². The summed E-state index contributed by atoms with van der Waals surface area (Å²) in [6, 6.07) is 14.7. The van der Waals surface area contributed by atoms with Crippen LogP contribution in [-0.4, -0.2) is 37.0 Å². The number of anilines is 1. The quantitative estimate of drug-likeness (QED) is 0.564. The number of rotatable bonds is 5. The molecule has 4 rings (SSSR count). The lowest BCUT2D eigenvalue weighted by Crippen LogP contribution is -2.50. The molecule has 0 saturated carbocycles. The number of benzene rings is 2. The molecule has 8 nitrogen and oxygen atoms in total. The van der Waals surface area contributed by atoms with E-state index in [1.54, 1.807) is 48.5 Å². The number of nitrogens with zero attached hydrogens (tertiary/aromatic N) is 1. The molecule has 0 saturated heterocycles. The monoisotopic (exact) mass is 474 g/mol. The van der Waals surface area contributed by atoms with Crippen LogP contribution in [0.1, 0.15) is 10.6 Å². The highest BCUT2D eigenvalue weighted by molar-refractivity contribution is 6.43. The number of carbonyl (C=O) groups excluding carboxylic acids is 3. The normalized spacial score (nSPS) is 14.9. The van der Waals surface area contributed by atoms with E-state index in [0.717, 1.165) is 0 Å². The highest BCUT2D eigenvalue weighted by atomic mass is 35.5. The molecule has 1 aliphatic rings. The summed E-state index contributed by atoms with van der Waals surface area (Å²) in [5.41, 5.74) is 6.29. The maximum absolute atomic E-state index is 12.8. The summed E-state index contributed by atoms with van der Waals surface area (Å²) in [5, 5.41) is 0.629. The van der Waals surface area contributed by atoms with Gasteiger partial charge in [0.25, 0.3) is 11.8 Å². The predicted molar refractivity (Wildman–Crippen MR) is 117 cm³/mol. The van der Waals surface area contributed by atoms with Crippen LogP contribution in [0.3, 0.4) is 0 Å². The van der Waals surface area contributed by atoms with Gasteiger partial charge in [-0.15, -0.1) is 0 Å². The number of nitrogens with two attached hydrogens (primary N) is 1. The molecular formula is C22H16Cl2N2O6. The van der Waals surface area contributed by atoms with Gasteiger partial charge in [-0.1, -0.05) is 41.4 Å². The number of hydrogen-bond acceptors (Lipinski definition) is 6. The van der Waals surface area contributed by atoms with E-state index in [4.69, 9.17) is 42.8 Å². The van der Waals surface area contributed by atoms with E-state index < -0.39 is 30.5 Å². The Morgan fingerprint density at radius 3 is 2.62 bits per heavy atom. The molecule has 2 heterocycles. The van der Waals surface area contributed by atoms with Gasteiger partial charge in [0.2, 0.25) is 5.76 Å². The highest BCUT2D eigenvalue weighted by Gasteiger charge is 2.33. The van der Waals surface area contributed by atoms with Crippen LogP contribution in [0, 0.1) is 0 Å². The van der Waals surface area contributed by atoms with Crippen molar-refractivity contribution in [3.05, 3.63) is 70.4 Å². The molecule has 2 aromatic carbocycles.